The lowest BCUT2D eigenvalue weighted by Crippen LogP contribution is -1.94. The second-order valence-corrected chi connectivity index (χ2v) is 5.03. The maximum atomic E-state index is 13.3. The number of benzene rings is 2. The third-order valence-corrected chi connectivity index (χ3v) is 3.62. The monoisotopic (exact) mass is 289 g/mol. The van der Waals surface area contributed by atoms with Gasteiger partial charge < -0.3 is 0 Å². The van der Waals surface area contributed by atoms with Gasteiger partial charge in [-0.1, -0.05) is 24.3 Å². The molecule has 2 aromatic carbocycles. The molecule has 0 fully saturated rings. The Morgan fingerprint density at radius 3 is 2.77 bits per heavy atom. The Hall–Kier alpha value is -3.01. The molecule has 0 amide bonds. The maximum Gasteiger partial charge on any atom is 0.125 e. The highest BCUT2D eigenvalue weighted by molar-refractivity contribution is 5.93. The third-order valence-electron chi connectivity index (χ3n) is 3.62. The molecule has 0 bridgehead atoms. The van der Waals surface area contributed by atoms with Crippen LogP contribution in [0.4, 0.5) is 4.39 Å². The predicted molar refractivity (Wildman–Crippen MR) is 84.3 cm³/mol. The normalized spacial score (nSPS) is 11.0. The number of pyridine rings is 1. The number of hydrogen-bond donors (Lipinski definition) is 0. The molecule has 0 aliphatic heterocycles. The zero-order valence-electron chi connectivity index (χ0n) is 11.6. The summed E-state index contributed by atoms with van der Waals surface area (Å²) in [5.74, 6) is -0.274. The van der Waals surface area contributed by atoms with Gasteiger partial charge in [0.1, 0.15) is 5.82 Å². The van der Waals surface area contributed by atoms with Gasteiger partial charge >= 0.3 is 0 Å². The average molecular weight is 289 g/mol. The van der Waals surface area contributed by atoms with Crippen molar-refractivity contribution in [2.45, 2.75) is 0 Å². The largest absolute Gasteiger partial charge is 0.256 e. The predicted octanol–water partition coefficient (Wildman–Crippen LogP) is 4.23. The molecular formula is C18H12FN3. The standard InChI is InChI=1S/C18H12FN3/c19-14-4-3-5-15(10-14)22-12-13(11-21-22)16-8-9-20-18-7-2-1-6-17(16)18/h1-12H. The summed E-state index contributed by atoms with van der Waals surface area (Å²) in [6, 6.07) is 16.3. The number of aromatic nitrogens is 3. The summed E-state index contributed by atoms with van der Waals surface area (Å²) >= 11 is 0. The first-order valence-electron chi connectivity index (χ1n) is 6.96. The molecule has 0 saturated heterocycles. The highest BCUT2D eigenvalue weighted by Gasteiger charge is 2.07. The van der Waals surface area contributed by atoms with Crippen molar-refractivity contribution in [2.75, 3.05) is 0 Å². The number of halogens is 1. The average Bonchev–Trinajstić information content (AvgIpc) is 3.04. The molecule has 4 rings (SSSR count). The van der Waals surface area contributed by atoms with Gasteiger partial charge in [0.15, 0.2) is 0 Å². The van der Waals surface area contributed by atoms with Crippen molar-refractivity contribution < 1.29 is 4.39 Å². The summed E-state index contributed by atoms with van der Waals surface area (Å²) in [7, 11) is 0. The van der Waals surface area contributed by atoms with Crippen LogP contribution in [0.2, 0.25) is 0 Å². The van der Waals surface area contributed by atoms with Crippen LogP contribution < -0.4 is 0 Å². The molecule has 0 aliphatic carbocycles. The number of hydrogen-bond acceptors (Lipinski definition) is 2. The minimum absolute atomic E-state index is 0.274. The fourth-order valence-corrected chi connectivity index (χ4v) is 2.57. The van der Waals surface area contributed by atoms with Crippen LogP contribution in [0.3, 0.4) is 0 Å². The molecule has 0 saturated carbocycles. The van der Waals surface area contributed by atoms with Crippen LogP contribution >= 0.6 is 0 Å². The molecule has 0 atom stereocenters. The minimum atomic E-state index is -0.274. The first-order valence-corrected chi connectivity index (χ1v) is 6.96. The topological polar surface area (TPSA) is 30.7 Å². The van der Waals surface area contributed by atoms with Crippen molar-refractivity contribution >= 4 is 10.9 Å². The fourth-order valence-electron chi connectivity index (χ4n) is 2.57. The van der Waals surface area contributed by atoms with E-state index in [2.05, 4.69) is 10.1 Å². The van der Waals surface area contributed by atoms with E-state index in [0.717, 1.165) is 22.0 Å². The molecule has 106 valence electrons. The third kappa shape index (κ3) is 2.15. The molecule has 0 spiro atoms. The quantitative estimate of drug-likeness (QED) is 0.553. The van der Waals surface area contributed by atoms with Crippen LogP contribution in [0.1, 0.15) is 0 Å². The SMILES string of the molecule is Fc1cccc(-n2cc(-c3ccnc4ccccc34)cn2)c1. The second-order valence-electron chi connectivity index (χ2n) is 5.03. The molecule has 0 radical (unpaired) electrons. The molecule has 0 N–H and O–H groups in total. The number of fused-ring (bicyclic) bond motifs is 1. The van der Waals surface area contributed by atoms with Gasteiger partial charge in [-0.2, -0.15) is 5.10 Å². The van der Waals surface area contributed by atoms with E-state index >= 15 is 0 Å². The molecule has 2 aromatic heterocycles. The summed E-state index contributed by atoms with van der Waals surface area (Å²) in [6.45, 7) is 0. The highest BCUT2D eigenvalue weighted by atomic mass is 19.1. The molecule has 3 nitrogen and oxygen atoms in total. The lowest BCUT2D eigenvalue weighted by molar-refractivity contribution is 0.625. The van der Waals surface area contributed by atoms with Crippen LogP contribution in [0, 0.1) is 5.82 Å². The van der Waals surface area contributed by atoms with E-state index in [9.17, 15) is 4.39 Å². The molecule has 0 unspecified atom stereocenters. The van der Waals surface area contributed by atoms with E-state index in [4.69, 9.17) is 0 Å². The fraction of sp³-hybridized carbons (Fsp3) is 0. The summed E-state index contributed by atoms with van der Waals surface area (Å²) in [6.07, 6.45) is 5.47. The van der Waals surface area contributed by atoms with E-state index in [1.54, 1.807) is 23.1 Å². The summed E-state index contributed by atoms with van der Waals surface area (Å²) < 4.78 is 15.0. The van der Waals surface area contributed by atoms with Crippen LogP contribution in [0.25, 0.3) is 27.7 Å². The Kier molecular flexibility index (Phi) is 2.93. The Bertz CT molecular complexity index is 954. The van der Waals surface area contributed by atoms with Gasteiger partial charge in [-0.25, -0.2) is 9.07 Å². The van der Waals surface area contributed by atoms with Gasteiger partial charge in [-0.05, 0) is 35.9 Å². The number of nitrogens with zero attached hydrogens (tertiary/aromatic N) is 3. The number of rotatable bonds is 2. The van der Waals surface area contributed by atoms with Gasteiger partial charge in [0.05, 0.1) is 17.4 Å². The van der Waals surface area contributed by atoms with E-state index < -0.39 is 0 Å². The summed E-state index contributed by atoms with van der Waals surface area (Å²) in [5.41, 5.74) is 3.68. The Balaban J connectivity index is 1.84. The Morgan fingerprint density at radius 1 is 0.955 bits per heavy atom. The molecule has 2 heterocycles. The van der Waals surface area contributed by atoms with Gasteiger partial charge in [0, 0.05) is 23.3 Å². The molecule has 0 aliphatic rings. The maximum absolute atomic E-state index is 13.3. The highest BCUT2D eigenvalue weighted by Crippen LogP contribution is 2.27. The van der Waals surface area contributed by atoms with E-state index in [1.165, 1.54) is 12.1 Å². The summed E-state index contributed by atoms with van der Waals surface area (Å²) in [5, 5.41) is 5.41. The zero-order chi connectivity index (χ0) is 14.9. The van der Waals surface area contributed by atoms with Gasteiger partial charge in [0.25, 0.3) is 0 Å². The summed E-state index contributed by atoms with van der Waals surface area (Å²) in [4.78, 5) is 4.37. The van der Waals surface area contributed by atoms with Crippen molar-refractivity contribution in [3.05, 3.63) is 79.0 Å². The van der Waals surface area contributed by atoms with Crippen molar-refractivity contribution in [2.24, 2.45) is 0 Å². The zero-order valence-corrected chi connectivity index (χ0v) is 11.6. The number of para-hydroxylation sites is 1. The second kappa shape index (κ2) is 5.07. The smallest absolute Gasteiger partial charge is 0.125 e. The van der Waals surface area contributed by atoms with Crippen LogP contribution in [0.5, 0.6) is 0 Å². The molecular weight excluding hydrogens is 277 g/mol. The van der Waals surface area contributed by atoms with Crippen LogP contribution in [-0.2, 0) is 0 Å². The lowest BCUT2D eigenvalue weighted by atomic mass is 10.0. The Labute approximate surface area is 126 Å². The van der Waals surface area contributed by atoms with E-state index in [-0.39, 0.29) is 5.82 Å². The van der Waals surface area contributed by atoms with E-state index in [0.29, 0.717) is 5.69 Å². The minimum Gasteiger partial charge on any atom is -0.256 e. The lowest BCUT2D eigenvalue weighted by Gasteiger charge is -2.03. The van der Waals surface area contributed by atoms with Gasteiger partial charge in [0.2, 0.25) is 0 Å². The first-order chi connectivity index (χ1) is 10.8. The molecule has 4 aromatic rings. The van der Waals surface area contributed by atoms with Crippen molar-refractivity contribution in [3.63, 3.8) is 0 Å². The van der Waals surface area contributed by atoms with Gasteiger partial charge in [-0.3, -0.25) is 4.98 Å². The van der Waals surface area contributed by atoms with Crippen LogP contribution in [0.15, 0.2) is 73.2 Å². The van der Waals surface area contributed by atoms with Crippen molar-refractivity contribution in [3.8, 4) is 16.8 Å². The first kappa shape index (κ1) is 12.7. The van der Waals surface area contributed by atoms with Crippen LogP contribution in [-0.4, -0.2) is 14.8 Å². The van der Waals surface area contributed by atoms with Crippen molar-refractivity contribution in [1.29, 1.82) is 0 Å². The van der Waals surface area contributed by atoms with E-state index in [1.807, 2.05) is 42.6 Å². The molecule has 22 heavy (non-hydrogen) atoms. The van der Waals surface area contributed by atoms with Crippen molar-refractivity contribution in [1.82, 2.24) is 14.8 Å². The molecule has 4 heteroatoms. The Morgan fingerprint density at radius 2 is 1.86 bits per heavy atom. The van der Waals surface area contributed by atoms with Gasteiger partial charge in [-0.15, -0.1) is 0 Å².